The molecular formula is C59H99BrK2N4O11. The van der Waals surface area contributed by atoms with E-state index in [1.165, 1.54) is 57.8 Å². The number of hydrogen-bond acceptors (Lipinski definition) is 13. The van der Waals surface area contributed by atoms with Gasteiger partial charge in [0.15, 0.2) is 17.3 Å². The molecule has 0 amide bonds. The van der Waals surface area contributed by atoms with Crippen molar-refractivity contribution in [1.29, 1.82) is 0 Å². The van der Waals surface area contributed by atoms with Crippen LogP contribution in [0.3, 0.4) is 0 Å². The summed E-state index contributed by atoms with van der Waals surface area (Å²) >= 11 is 3.43. The number of aromatic nitrogens is 4. The maximum absolute atomic E-state index is 13.5. The molecule has 10 rings (SSSR count). The predicted molar refractivity (Wildman–Crippen MR) is 293 cm³/mol. The molecular weight excluding hydrogens is 1100 g/mol. The van der Waals surface area contributed by atoms with Gasteiger partial charge in [-0.05, 0) is 198 Å². The molecule has 0 spiro atoms. The molecule has 8 aliphatic carbocycles. The van der Waals surface area contributed by atoms with E-state index in [1.54, 1.807) is 37.5 Å². The SMILES string of the molecule is C.C.CCOc1cn[nH]c1.CCOc1cnn(CC(=O)[C@H]2CC[C@H]3[C@@H]4CC[C@H]5C[C@@](O)(COC)CC[C@]5(C)[C@H]4CC[C@]23C)c1.COC[C@@]1(O)CC[C@@]2(C)[C@@H](CC[C@@H]3[C@@H]2CC[C@]2(C)[C@@H](C(=O)CBr)CC[C@@H]32)C1.O=CO[O-].[H-].[K+].[K+]. The van der Waals surface area contributed by atoms with Crippen LogP contribution in [0.25, 0.3) is 0 Å². The monoisotopic (exact) mass is 1200 g/mol. The van der Waals surface area contributed by atoms with E-state index in [0.29, 0.717) is 78.5 Å². The molecule has 0 radical (unpaired) electrons. The largest absolute Gasteiger partial charge is 1.00 e. The fourth-order valence-corrected chi connectivity index (χ4v) is 18.4. The van der Waals surface area contributed by atoms with Gasteiger partial charge in [0.25, 0.3) is 6.47 Å². The summed E-state index contributed by atoms with van der Waals surface area (Å²) in [5.41, 5.74) is -0.244. The van der Waals surface area contributed by atoms with Gasteiger partial charge >= 0.3 is 103 Å². The zero-order valence-corrected chi connectivity index (χ0v) is 55.3. The first-order chi connectivity index (χ1) is 34.8. The Bertz CT molecular complexity index is 2130. The Labute approximate surface area is 557 Å². The standard InChI is InChI=1S/C28H44N2O4.C23H37BrO3.C5H8N2O.CH2O3.2CH4.2K.H/c1-5-34-20-15-29-30(16-20)17-25(31)24-9-8-22-21-7-6-19-14-28(32,18-33-4)13-12-26(19,2)23(21)10-11-27(22,24)3;1-21-10-11-23(26,14-27-3)12-15(21)4-5-16-17-6-7-19(20(25)13-24)22(17,2)9-8-18(16)21;1-2-8-5-3-6-7-4-5;2-1-4-3;;;;;/h15-16,19,21-24,32H,5-14,17-18H2,1-4H3;15-19,26H,4-14H2,1-3H3;3-4H,2H2,1H3,(H,6,7);1,3H;2*1H4;;;/q;;;;;;2*+1;-1/p-1/t19-,21-,22-,23-,24+,26-,27-,28+;15-,16-,17-,18-,19+,21-,22-,23+;;;;;;;/m00......./s1. The van der Waals surface area contributed by atoms with Crippen molar-refractivity contribution < 1.29 is 158 Å². The average molecular weight is 1200 g/mol. The number of nitrogens with zero attached hydrogens (tertiary/aromatic N) is 3. The molecule has 2 aromatic rings. The van der Waals surface area contributed by atoms with E-state index < -0.39 is 11.2 Å². The van der Waals surface area contributed by atoms with Crippen molar-refractivity contribution in [2.24, 2.45) is 80.8 Å². The van der Waals surface area contributed by atoms with Gasteiger partial charge in [0.05, 0.1) is 74.3 Å². The Morgan fingerprint density at radius 2 is 1.16 bits per heavy atom. The fourth-order valence-electron chi connectivity index (χ4n) is 18.0. The van der Waals surface area contributed by atoms with Crippen LogP contribution in [0, 0.1) is 80.8 Å². The third-order valence-corrected chi connectivity index (χ3v) is 22.0. The van der Waals surface area contributed by atoms with Crippen LogP contribution >= 0.6 is 15.9 Å². The van der Waals surface area contributed by atoms with E-state index in [9.17, 15) is 19.8 Å². The van der Waals surface area contributed by atoms with E-state index in [-0.39, 0.29) is 148 Å². The van der Waals surface area contributed by atoms with Crippen molar-refractivity contribution in [1.82, 2.24) is 20.0 Å². The second-order valence-corrected chi connectivity index (χ2v) is 25.4. The van der Waals surface area contributed by atoms with Crippen LogP contribution in [0.4, 0.5) is 0 Å². The third-order valence-electron chi connectivity index (χ3n) is 21.4. The number of H-pyrrole nitrogens is 1. The average Bonchev–Trinajstić information content (AvgIpc) is 4.19. The van der Waals surface area contributed by atoms with Crippen LogP contribution in [0.5, 0.6) is 11.5 Å². The zero-order valence-electron chi connectivity index (χ0n) is 48.4. The van der Waals surface area contributed by atoms with Crippen LogP contribution in [0.15, 0.2) is 24.8 Å². The van der Waals surface area contributed by atoms with Crippen molar-refractivity contribution in [2.45, 2.75) is 190 Å². The Balaban J connectivity index is 0.000000423. The number of carbonyl (C=O) groups excluding carboxylic acids is 3. The van der Waals surface area contributed by atoms with Crippen molar-refractivity contribution in [3.8, 4) is 11.5 Å². The number of carbonyl (C=O) groups is 3. The number of aromatic amines is 1. The van der Waals surface area contributed by atoms with Gasteiger partial charge in [-0.1, -0.05) is 58.5 Å². The van der Waals surface area contributed by atoms with Crippen molar-refractivity contribution in [3.05, 3.63) is 24.8 Å². The Morgan fingerprint density at radius 3 is 1.57 bits per heavy atom. The molecule has 15 nitrogen and oxygen atoms in total. The van der Waals surface area contributed by atoms with Crippen molar-refractivity contribution >= 4 is 34.0 Å². The molecule has 430 valence electrons. The number of methoxy groups -OCH3 is 2. The summed E-state index contributed by atoms with van der Waals surface area (Å²) in [7, 11) is 3.40. The maximum Gasteiger partial charge on any atom is 1.00 e. The Kier molecular flexibility index (Phi) is 28.8. The number of nitrogens with one attached hydrogen (secondary N) is 1. The first kappa shape index (κ1) is 71.6. The summed E-state index contributed by atoms with van der Waals surface area (Å²) in [6.45, 7) is 16.2. The number of fused-ring (bicyclic) bond motifs is 10. The molecule has 3 N–H and O–H groups in total. The van der Waals surface area contributed by atoms with E-state index in [1.807, 2.05) is 20.0 Å². The summed E-state index contributed by atoms with van der Waals surface area (Å²) in [5.74, 6) is 8.32. The number of ether oxygens (including phenoxy) is 4. The van der Waals surface area contributed by atoms with Crippen molar-refractivity contribution in [2.75, 3.05) is 46.0 Å². The molecule has 0 bridgehead atoms. The van der Waals surface area contributed by atoms with E-state index >= 15 is 0 Å². The summed E-state index contributed by atoms with van der Waals surface area (Å²) in [5, 5.41) is 41.7. The van der Waals surface area contributed by atoms with Gasteiger partial charge in [0, 0.05) is 26.1 Å². The van der Waals surface area contributed by atoms with Gasteiger partial charge in [0.1, 0.15) is 5.78 Å². The molecule has 0 saturated heterocycles. The number of alkyl halides is 1. The number of rotatable bonds is 14. The van der Waals surface area contributed by atoms with Gasteiger partial charge in [-0.25, -0.2) is 0 Å². The first-order valence-corrected chi connectivity index (χ1v) is 29.0. The van der Waals surface area contributed by atoms with Gasteiger partial charge in [0.2, 0.25) is 0 Å². The van der Waals surface area contributed by atoms with Crippen LogP contribution < -0.4 is 118 Å². The van der Waals surface area contributed by atoms with Gasteiger partial charge in [-0.2, -0.15) is 10.2 Å². The quantitative estimate of drug-likeness (QED) is 0.0784. The topological polar surface area (TPSA) is 207 Å². The second kappa shape index (κ2) is 31.0. The van der Waals surface area contributed by atoms with E-state index in [2.05, 4.69) is 63.8 Å². The summed E-state index contributed by atoms with van der Waals surface area (Å²) < 4.78 is 23.0. The fraction of sp³-hybridized carbons (Fsp3) is 0.847. The maximum atomic E-state index is 13.5. The van der Waals surface area contributed by atoms with E-state index in [0.717, 1.165) is 98.9 Å². The van der Waals surface area contributed by atoms with Crippen LogP contribution in [0.1, 0.15) is 173 Å². The molecule has 18 heteroatoms. The first-order valence-electron chi connectivity index (χ1n) is 27.9. The predicted octanol–water partition coefficient (Wildman–Crippen LogP) is 4.51. The van der Waals surface area contributed by atoms with Gasteiger partial charge in [-0.15, -0.1) is 0 Å². The molecule has 8 fully saturated rings. The minimum Gasteiger partial charge on any atom is -1.00 e. The molecule has 0 aromatic carbocycles. The Hall–Kier alpha value is 0.383. The number of halogens is 1. The molecule has 16 atom stereocenters. The smallest absolute Gasteiger partial charge is 1.00 e. The van der Waals surface area contributed by atoms with Gasteiger partial charge in [-0.3, -0.25) is 24.2 Å². The number of ketones is 2. The van der Waals surface area contributed by atoms with Crippen LogP contribution in [0.2, 0.25) is 0 Å². The third kappa shape index (κ3) is 15.5. The molecule has 77 heavy (non-hydrogen) atoms. The van der Waals surface area contributed by atoms with Crippen LogP contribution in [-0.2, 0) is 35.3 Å². The number of Topliss-reactive ketones (excluding diaryl/α,β-unsaturated/α-hetero) is 2. The second-order valence-electron chi connectivity index (χ2n) is 24.8. The zero-order chi connectivity index (χ0) is 52.8. The molecule has 2 aromatic heterocycles. The Morgan fingerprint density at radius 1 is 0.701 bits per heavy atom. The molecule has 0 unspecified atom stereocenters. The molecule has 0 aliphatic heterocycles. The summed E-state index contributed by atoms with van der Waals surface area (Å²) in [4.78, 5) is 37.3. The molecule has 2 heterocycles. The van der Waals surface area contributed by atoms with Gasteiger partial charge < -0.3 is 40.7 Å². The van der Waals surface area contributed by atoms with Crippen LogP contribution in [-0.4, -0.2) is 105 Å². The number of aliphatic hydroxyl groups is 2. The normalized spacial score (nSPS) is 38.7. The number of hydrogen-bond donors (Lipinski definition) is 3. The van der Waals surface area contributed by atoms with Crippen molar-refractivity contribution in [3.63, 3.8) is 0 Å². The van der Waals surface area contributed by atoms with E-state index in [4.69, 9.17) is 29.0 Å². The summed E-state index contributed by atoms with van der Waals surface area (Å²) in [6, 6.07) is 0. The minimum absolute atomic E-state index is 0. The minimum atomic E-state index is -0.644. The summed E-state index contributed by atoms with van der Waals surface area (Å²) in [6.07, 6.45) is 27.1. The molecule has 8 aliphatic rings. The molecule has 8 saturated carbocycles.